The molecule has 1 aliphatic rings. The van der Waals surface area contributed by atoms with Crippen molar-refractivity contribution in [2.24, 2.45) is 0 Å². The summed E-state index contributed by atoms with van der Waals surface area (Å²) in [7, 11) is 2.14. The van der Waals surface area contributed by atoms with Gasteiger partial charge >= 0.3 is 0 Å². The van der Waals surface area contributed by atoms with Gasteiger partial charge in [0.1, 0.15) is 5.69 Å². The van der Waals surface area contributed by atoms with Crippen LogP contribution in [0.5, 0.6) is 0 Å². The Kier molecular flexibility index (Phi) is 2.42. The van der Waals surface area contributed by atoms with E-state index >= 15 is 0 Å². The number of rotatable bonds is 1. The fourth-order valence-electron chi connectivity index (χ4n) is 1.59. The maximum atomic E-state index is 4.31. The Balaban J connectivity index is 2.26. The summed E-state index contributed by atoms with van der Waals surface area (Å²) in [4.78, 5) is 2.31. The summed E-state index contributed by atoms with van der Waals surface area (Å²) < 4.78 is 8.50. The molecule has 0 atom stereocenters. The van der Waals surface area contributed by atoms with Crippen LogP contribution in [0.1, 0.15) is 17.8 Å². The first-order valence-electron chi connectivity index (χ1n) is 4.44. The van der Waals surface area contributed by atoms with Gasteiger partial charge in [-0.15, -0.1) is 0 Å². The molecule has 0 saturated carbocycles. The van der Waals surface area contributed by atoms with Gasteiger partial charge in [-0.2, -0.15) is 8.75 Å². The number of hydrogen-bond acceptors (Lipinski definition) is 4. The lowest BCUT2D eigenvalue weighted by molar-refractivity contribution is 0.372. The lowest BCUT2D eigenvalue weighted by atomic mass is 10.1. The second-order valence-electron chi connectivity index (χ2n) is 3.45. The summed E-state index contributed by atoms with van der Waals surface area (Å²) >= 11 is 1.30. The maximum absolute atomic E-state index is 4.31. The van der Waals surface area contributed by atoms with Gasteiger partial charge < -0.3 is 4.90 Å². The zero-order valence-corrected chi connectivity index (χ0v) is 8.77. The Hall–Kier alpha value is -0.740. The fraction of sp³-hybridized carbons (Fsp3) is 0.556. The summed E-state index contributed by atoms with van der Waals surface area (Å²) in [5.74, 6) is 0. The molecule has 0 aromatic carbocycles. The minimum absolute atomic E-state index is 1.01. The monoisotopic (exact) mass is 195 g/mol. The van der Waals surface area contributed by atoms with Crippen LogP contribution in [0.15, 0.2) is 6.08 Å². The molecule has 4 heteroatoms. The molecule has 0 saturated heterocycles. The Bertz CT molecular complexity index is 329. The van der Waals surface area contributed by atoms with Gasteiger partial charge in [0, 0.05) is 13.1 Å². The number of aryl methyl sites for hydroxylation is 1. The van der Waals surface area contributed by atoms with E-state index in [1.54, 1.807) is 0 Å². The van der Waals surface area contributed by atoms with E-state index in [-0.39, 0.29) is 0 Å². The number of hydrogen-bond donors (Lipinski definition) is 0. The highest BCUT2D eigenvalue weighted by molar-refractivity contribution is 6.99. The average Bonchev–Trinajstić information content (AvgIpc) is 2.51. The van der Waals surface area contributed by atoms with Crippen molar-refractivity contribution in [1.82, 2.24) is 13.6 Å². The van der Waals surface area contributed by atoms with E-state index in [1.165, 1.54) is 17.3 Å². The third-order valence-electron chi connectivity index (χ3n) is 2.30. The molecular weight excluding hydrogens is 182 g/mol. The third kappa shape index (κ3) is 1.78. The van der Waals surface area contributed by atoms with Crippen LogP contribution in [0.25, 0.3) is 5.57 Å². The van der Waals surface area contributed by atoms with Crippen LogP contribution in [0.2, 0.25) is 0 Å². The quantitative estimate of drug-likeness (QED) is 0.681. The molecule has 2 rings (SSSR count). The van der Waals surface area contributed by atoms with E-state index in [2.05, 4.69) is 26.8 Å². The Morgan fingerprint density at radius 1 is 1.46 bits per heavy atom. The van der Waals surface area contributed by atoms with E-state index in [9.17, 15) is 0 Å². The second-order valence-corrected chi connectivity index (χ2v) is 3.98. The molecule has 0 aliphatic carbocycles. The summed E-state index contributed by atoms with van der Waals surface area (Å²) in [6, 6.07) is 0. The summed E-state index contributed by atoms with van der Waals surface area (Å²) in [6.07, 6.45) is 3.41. The minimum atomic E-state index is 1.01. The molecule has 1 aromatic rings. The van der Waals surface area contributed by atoms with Gasteiger partial charge in [-0.25, -0.2) is 0 Å². The number of nitrogens with zero attached hydrogens (tertiary/aromatic N) is 3. The van der Waals surface area contributed by atoms with E-state index in [0.717, 1.165) is 30.9 Å². The molecule has 1 aromatic heterocycles. The molecule has 70 valence electrons. The van der Waals surface area contributed by atoms with Crippen LogP contribution < -0.4 is 0 Å². The third-order valence-corrected chi connectivity index (χ3v) is 2.92. The molecule has 0 unspecified atom stereocenters. The van der Waals surface area contributed by atoms with Crippen LogP contribution in [-0.4, -0.2) is 33.8 Å². The van der Waals surface area contributed by atoms with Crippen molar-refractivity contribution in [3.63, 3.8) is 0 Å². The largest absolute Gasteiger partial charge is 0.302 e. The highest BCUT2D eigenvalue weighted by Crippen LogP contribution is 2.20. The summed E-state index contributed by atoms with van der Waals surface area (Å²) in [6.45, 7) is 4.18. The average molecular weight is 195 g/mol. The fourth-order valence-corrected chi connectivity index (χ4v) is 2.17. The van der Waals surface area contributed by atoms with Crippen LogP contribution in [-0.2, 0) is 0 Å². The van der Waals surface area contributed by atoms with Crippen LogP contribution in [0.4, 0.5) is 0 Å². The van der Waals surface area contributed by atoms with Crippen molar-refractivity contribution in [2.75, 3.05) is 20.1 Å². The van der Waals surface area contributed by atoms with Crippen molar-refractivity contribution >= 4 is 17.3 Å². The second kappa shape index (κ2) is 3.55. The van der Waals surface area contributed by atoms with Gasteiger partial charge in [0.25, 0.3) is 0 Å². The zero-order chi connectivity index (χ0) is 9.26. The molecule has 13 heavy (non-hydrogen) atoms. The maximum Gasteiger partial charge on any atom is 0.104 e. The first-order valence-corrected chi connectivity index (χ1v) is 5.17. The highest BCUT2D eigenvalue weighted by Gasteiger charge is 2.14. The minimum Gasteiger partial charge on any atom is -0.302 e. The molecular formula is C9H13N3S. The molecule has 0 bridgehead atoms. The van der Waals surface area contributed by atoms with E-state index in [1.807, 2.05) is 6.92 Å². The summed E-state index contributed by atoms with van der Waals surface area (Å²) in [5.41, 5.74) is 3.49. The first kappa shape index (κ1) is 8.84. The van der Waals surface area contributed by atoms with Gasteiger partial charge in [0.15, 0.2) is 0 Å². The Labute approximate surface area is 82.4 Å². The molecule has 0 amide bonds. The topological polar surface area (TPSA) is 29.0 Å². The van der Waals surface area contributed by atoms with Crippen molar-refractivity contribution in [3.05, 3.63) is 17.5 Å². The van der Waals surface area contributed by atoms with Gasteiger partial charge in [-0.1, -0.05) is 6.08 Å². The predicted octanol–water partition coefficient (Wildman–Crippen LogP) is 1.57. The van der Waals surface area contributed by atoms with Gasteiger partial charge in [0.2, 0.25) is 0 Å². The SMILES string of the molecule is Cc1nsnc1C1=CCCN(C)C1. The van der Waals surface area contributed by atoms with Crippen molar-refractivity contribution < 1.29 is 0 Å². The van der Waals surface area contributed by atoms with Crippen molar-refractivity contribution in [3.8, 4) is 0 Å². The molecule has 0 spiro atoms. The summed E-state index contributed by atoms with van der Waals surface area (Å²) in [5, 5.41) is 0. The lowest BCUT2D eigenvalue weighted by Gasteiger charge is -2.21. The van der Waals surface area contributed by atoms with Gasteiger partial charge in [-0.05, 0) is 26.0 Å². The number of aromatic nitrogens is 2. The van der Waals surface area contributed by atoms with Crippen molar-refractivity contribution in [1.29, 1.82) is 0 Å². The zero-order valence-electron chi connectivity index (χ0n) is 7.95. The molecule has 1 aliphatic heterocycles. The van der Waals surface area contributed by atoms with Crippen LogP contribution in [0, 0.1) is 6.92 Å². The molecule has 3 nitrogen and oxygen atoms in total. The standard InChI is InChI=1S/C9H13N3S/c1-7-9(11-13-10-7)8-4-3-5-12(2)6-8/h4H,3,5-6H2,1-2H3. The van der Waals surface area contributed by atoms with Gasteiger partial charge in [0.05, 0.1) is 17.4 Å². The first-order chi connectivity index (χ1) is 6.27. The van der Waals surface area contributed by atoms with E-state index in [4.69, 9.17) is 0 Å². The smallest absolute Gasteiger partial charge is 0.104 e. The van der Waals surface area contributed by atoms with E-state index < -0.39 is 0 Å². The van der Waals surface area contributed by atoms with Crippen LogP contribution in [0.3, 0.4) is 0 Å². The van der Waals surface area contributed by atoms with E-state index in [0.29, 0.717) is 0 Å². The molecule has 0 radical (unpaired) electrons. The number of likely N-dealkylation sites (N-methyl/N-ethyl adjacent to an activating group) is 1. The predicted molar refractivity (Wildman–Crippen MR) is 54.7 cm³/mol. The van der Waals surface area contributed by atoms with Crippen molar-refractivity contribution in [2.45, 2.75) is 13.3 Å². The molecule has 0 fully saturated rings. The lowest BCUT2D eigenvalue weighted by Crippen LogP contribution is -2.25. The van der Waals surface area contributed by atoms with Crippen LogP contribution >= 0.6 is 11.7 Å². The normalized spacial score (nSPS) is 18.8. The van der Waals surface area contributed by atoms with Gasteiger partial charge in [-0.3, -0.25) is 0 Å². The highest BCUT2D eigenvalue weighted by atomic mass is 32.1. The Morgan fingerprint density at radius 2 is 2.31 bits per heavy atom. The molecule has 0 N–H and O–H groups in total. The Morgan fingerprint density at radius 3 is 2.92 bits per heavy atom. The molecule has 2 heterocycles.